The Kier molecular flexibility index (Phi) is 7.78. The summed E-state index contributed by atoms with van der Waals surface area (Å²) in [7, 11) is 0. The Morgan fingerprint density at radius 3 is 2.76 bits per heavy atom. The van der Waals surface area contributed by atoms with E-state index in [1.54, 1.807) is 34.9 Å². The SMILES string of the molecule is O=C(CCCn1c(SCC(=O)c2ccc(Cl)cc2)nc2ccsc2c1=O)NCc1ccc2c(c1)OCO2. The van der Waals surface area contributed by atoms with Gasteiger partial charge in [-0.1, -0.05) is 29.4 Å². The molecule has 0 aliphatic carbocycles. The summed E-state index contributed by atoms with van der Waals surface area (Å²) in [5.41, 5.74) is 1.89. The molecule has 11 heteroatoms. The number of carbonyl (C=O) groups excluding carboxylic acids is 2. The summed E-state index contributed by atoms with van der Waals surface area (Å²) in [5.74, 6) is 1.28. The van der Waals surface area contributed by atoms with E-state index in [9.17, 15) is 14.4 Å². The van der Waals surface area contributed by atoms with Crippen LogP contribution >= 0.6 is 34.7 Å². The number of benzene rings is 2. The van der Waals surface area contributed by atoms with Gasteiger partial charge in [0.05, 0.1) is 11.3 Å². The van der Waals surface area contributed by atoms with Gasteiger partial charge in [0.15, 0.2) is 22.4 Å². The van der Waals surface area contributed by atoms with Crippen LogP contribution in [0.4, 0.5) is 0 Å². The molecular weight excluding hydrogens is 534 g/mol. The molecule has 0 spiro atoms. The van der Waals surface area contributed by atoms with Crippen molar-refractivity contribution in [2.24, 2.45) is 0 Å². The molecule has 4 aromatic rings. The Bertz CT molecular complexity index is 1520. The molecule has 2 aromatic heterocycles. The van der Waals surface area contributed by atoms with Crippen molar-refractivity contribution in [1.82, 2.24) is 14.9 Å². The lowest BCUT2D eigenvalue weighted by Gasteiger charge is -2.12. The molecular formula is C26H22ClN3O5S2. The number of hydrogen-bond donors (Lipinski definition) is 1. The first-order valence-corrected chi connectivity index (χ1v) is 13.8. The molecule has 190 valence electrons. The van der Waals surface area contributed by atoms with Crippen LogP contribution in [0.15, 0.2) is 63.9 Å². The number of ether oxygens (including phenoxy) is 2. The third-order valence-electron chi connectivity index (χ3n) is 5.74. The van der Waals surface area contributed by atoms with Crippen LogP contribution in [0.25, 0.3) is 10.2 Å². The van der Waals surface area contributed by atoms with Crippen molar-refractivity contribution in [1.29, 1.82) is 0 Å². The third-order valence-corrected chi connectivity index (χ3v) is 7.86. The topological polar surface area (TPSA) is 99.5 Å². The van der Waals surface area contributed by atoms with Crippen LogP contribution in [-0.4, -0.2) is 33.8 Å². The van der Waals surface area contributed by atoms with Crippen LogP contribution in [0.3, 0.4) is 0 Å². The summed E-state index contributed by atoms with van der Waals surface area (Å²) < 4.78 is 12.8. The summed E-state index contributed by atoms with van der Waals surface area (Å²) in [6.07, 6.45) is 0.692. The van der Waals surface area contributed by atoms with Gasteiger partial charge in [-0.05, 0) is 59.8 Å². The Labute approximate surface area is 225 Å². The van der Waals surface area contributed by atoms with Gasteiger partial charge in [-0.3, -0.25) is 19.0 Å². The van der Waals surface area contributed by atoms with Crippen molar-refractivity contribution in [3.8, 4) is 11.5 Å². The van der Waals surface area contributed by atoms with E-state index in [1.807, 2.05) is 23.6 Å². The molecule has 1 N–H and O–H groups in total. The quantitative estimate of drug-likeness (QED) is 0.168. The maximum absolute atomic E-state index is 13.1. The van der Waals surface area contributed by atoms with Crippen LogP contribution in [0.2, 0.25) is 5.02 Å². The zero-order valence-electron chi connectivity index (χ0n) is 19.6. The fourth-order valence-corrected chi connectivity index (χ4v) is 5.64. The molecule has 2 aromatic carbocycles. The normalized spacial score (nSPS) is 12.1. The highest BCUT2D eigenvalue weighted by atomic mass is 35.5. The average Bonchev–Trinajstić information content (AvgIpc) is 3.57. The molecule has 1 aliphatic rings. The largest absolute Gasteiger partial charge is 0.454 e. The number of amides is 1. The molecule has 0 atom stereocenters. The molecule has 0 bridgehead atoms. The maximum atomic E-state index is 13.1. The lowest BCUT2D eigenvalue weighted by Crippen LogP contribution is -2.26. The van der Waals surface area contributed by atoms with Gasteiger partial charge in [0.25, 0.3) is 5.56 Å². The van der Waals surface area contributed by atoms with Crippen LogP contribution < -0.4 is 20.3 Å². The summed E-state index contributed by atoms with van der Waals surface area (Å²) in [6.45, 7) is 0.882. The third kappa shape index (κ3) is 5.98. The predicted molar refractivity (Wildman–Crippen MR) is 144 cm³/mol. The van der Waals surface area contributed by atoms with Crippen molar-refractivity contribution in [3.63, 3.8) is 0 Å². The molecule has 0 saturated carbocycles. The average molecular weight is 556 g/mol. The number of nitrogens with zero attached hydrogens (tertiary/aromatic N) is 2. The first-order chi connectivity index (χ1) is 18.0. The molecule has 1 aliphatic heterocycles. The molecule has 0 saturated heterocycles. The van der Waals surface area contributed by atoms with E-state index >= 15 is 0 Å². The summed E-state index contributed by atoms with van der Waals surface area (Å²) in [5, 5.41) is 5.73. The van der Waals surface area contributed by atoms with Crippen molar-refractivity contribution < 1.29 is 19.1 Å². The van der Waals surface area contributed by atoms with Crippen LogP contribution in [0.1, 0.15) is 28.8 Å². The molecule has 8 nitrogen and oxygen atoms in total. The number of thiophene rings is 1. The molecule has 0 radical (unpaired) electrons. The standard InChI is InChI=1S/C26H22ClN3O5S2/c27-18-6-4-17(5-7-18)20(31)14-37-26-29-19-9-11-36-24(19)25(33)30(26)10-1-2-23(32)28-13-16-3-8-21-22(12-16)35-15-34-21/h3-9,11-12H,1-2,10,13-15H2,(H,28,32). The van der Waals surface area contributed by atoms with Gasteiger partial charge in [0.2, 0.25) is 12.7 Å². The van der Waals surface area contributed by atoms with Gasteiger partial charge in [0.1, 0.15) is 4.70 Å². The smallest absolute Gasteiger partial charge is 0.272 e. The van der Waals surface area contributed by atoms with E-state index in [2.05, 4.69) is 10.3 Å². The van der Waals surface area contributed by atoms with E-state index < -0.39 is 0 Å². The molecule has 5 rings (SSSR count). The van der Waals surface area contributed by atoms with Crippen molar-refractivity contribution >= 4 is 56.6 Å². The van der Waals surface area contributed by atoms with Gasteiger partial charge in [-0.2, -0.15) is 0 Å². The number of thioether (sulfide) groups is 1. The Morgan fingerprint density at radius 1 is 1.11 bits per heavy atom. The zero-order valence-corrected chi connectivity index (χ0v) is 22.0. The van der Waals surface area contributed by atoms with E-state index in [0.717, 1.165) is 5.56 Å². The number of ketones is 1. The summed E-state index contributed by atoms with van der Waals surface area (Å²) in [4.78, 5) is 42.9. The number of nitrogens with one attached hydrogen (secondary N) is 1. The predicted octanol–water partition coefficient (Wildman–Crippen LogP) is 4.91. The minimum absolute atomic E-state index is 0.0872. The zero-order chi connectivity index (χ0) is 25.8. The van der Waals surface area contributed by atoms with Crippen molar-refractivity contribution in [2.45, 2.75) is 31.1 Å². The fraction of sp³-hybridized carbons (Fsp3) is 0.231. The van der Waals surface area contributed by atoms with Gasteiger partial charge in [-0.25, -0.2) is 4.98 Å². The van der Waals surface area contributed by atoms with E-state index in [1.165, 1.54) is 23.1 Å². The second-order valence-corrected chi connectivity index (χ2v) is 10.6. The highest BCUT2D eigenvalue weighted by Crippen LogP contribution is 2.32. The number of hydrogen-bond acceptors (Lipinski definition) is 8. The van der Waals surface area contributed by atoms with Crippen LogP contribution in [0.5, 0.6) is 11.5 Å². The second-order valence-electron chi connectivity index (χ2n) is 8.27. The van der Waals surface area contributed by atoms with Gasteiger partial charge >= 0.3 is 0 Å². The number of rotatable bonds is 10. The number of aromatic nitrogens is 2. The second kappa shape index (κ2) is 11.4. The Morgan fingerprint density at radius 2 is 1.92 bits per heavy atom. The van der Waals surface area contributed by atoms with Crippen LogP contribution in [0, 0.1) is 0 Å². The first-order valence-electron chi connectivity index (χ1n) is 11.5. The Hall–Kier alpha value is -3.34. The lowest BCUT2D eigenvalue weighted by molar-refractivity contribution is -0.121. The van der Waals surface area contributed by atoms with E-state index in [4.69, 9.17) is 21.1 Å². The molecule has 1 amide bonds. The fourth-order valence-electron chi connectivity index (χ4n) is 3.82. The molecule has 3 heterocycles. The first kappa shape index (κ1) is 25.3. The van der Waals surface area contributed by atoms with Gasteiger partial charge < -0.3 is 14.8 Å². The highest BCUT2D eigenvalue weighted by Gasteiger charge is 2.16. The highest BCUT2D eigenvalue weighted by molar-refractivity contribution is 7.99. The molecule has 0 fully saturated rings. The minimum atomic E-state index is -0.165. The molecule has 37 heavy (non-hydrogen) atoms. The van der Waals surface area contributed by atoms with Crippen molar-refractivity contribution in [3.05, 3.63) is 80.4 Å². The van der Waals surface area contributed by atoms with Crippen molar-refractivity contribution in [2.75, 3.05) is 12.5 Å². The number of halogens is 1. The van der Waals surface area contributed by atoms with Crippen LogP contribution in [-0.2, 0) is 17.9 Å². The number of fused-ring (bicyclic) bond motifs is 2. The Balaban J connectivity index is 1.21. The van der Waals surface area contributed by atoms with Gasteiger partial charge in [-0.15, -0.1) is 11.3 Å². The summed E-state index contributed by atoms with van der Waals surface area (Å²) >= 11 is 8.46. The van der Waals surface area contributed by atoms with Gasteiger partial charge in [0, 0.05) is 30.1 Å². The minimum Gasteiger partial charge on any atom is -0.454 e. The number of Topliss-reactive ketones (excluding diaryl/α,β-unsaturated/α-hetero) is 1. The van der Waals surface area contributed by atoms with E-state index in [0.29, 0.717) is 57.0 Å². The number of carbonyl (C=O) groups is 2. The monoisotopic (exact) mass is 555 g/mol. The van der Waals surface area contributed by atoms with E-state index in [-0.39, 0.29) is 36.2 Å². The lowest BCUT2D eigenvalue weighted by atomic mass is 10.1. The maximum Gasteiger partial charge on any atom is 0.272 e. The molecule has 0 unspecified atom stereocenters. The summed E-state index contributed by atoms with van der Waals surface area (Å²) in [6, 6.07) is 14.0.